The smallest absolute Gasteiger partial charge is 0.243 e. The molecule has 2 heterocycles. The maximum Gasteiger partial charge on any atom is 0.243 e. The molecule has 6 heteroatoms. The number of carbonyl (C=O) groups excluding carboxylic acids is 1. The van der Waals surface area contributed by atoms with Crippen molar-refractivity contribution in [3.05, 3.63) is 63.5 Å². The van der Waals surface area contributed by atoms with Crippen LogP contribution < -0.4 is 0 Å². The van der Waals surface area contributed by atoms with Gasteiger partial charge in [-0.15, -0.1) is 5.10 Å². The number of aromatic nitrogens is 1. The molecule has 2 aromatic rings. The first-order chi connectivity index (χ1) is 10.1. The summed E-state index contributed by atoms with van der Waals surface area (Å²) in [4.78, 5) is 15.8. The lowest BCUT2D eigenvalue weighted by Gasteiger charge is -2.18. The molecule has 3 rings (SSSR count). The number of nitrogens with zero attached hydrogens (tertiary/aromatic N) is 3. The molecule has 0 bridgehead atoms. The summed E-state index contributed by atoms with van der Waals surface area (Å²) in [5, 5.41) is 5.66. The van der Waals surface area contributed by atoms with Crippen LogP contribution in [0.3, 0.4) is 0 Å². The Hall–Kier alpha value is -1.96. The van der Waals surface area contributed by atoms with Crippen molar-refractivity contribution >= 4 is 34.4 Å². The van der Waals surface area contributed by atoms with Crippen LogP contribution >= 0.6 is 22.6 Å². The molecule has 21 heavy (non-hydrogen) atoms. The Morgan fingerprint density at radius 2 is 2.05 bits per heavy atom. The number of amides is 1. The largest absolute Gasteiger partial charge is 0.446 e. The predicted octanol–water partition coefficient (Wildman–Crippen LogP) is 2.93. The van der Waals surface area contributed by atoms with Crippen molar-refractivity contribution in [3.63, 3.8) is 0 Å². The van der Waals surface area contributed by atoms with Crippen LogP contribution in [0.5, 0.6) is 0 Å². The molecule has 1 atom stereocenters. The van der Waals surface area contributed by atoms with Crippen LogP contribution in [0, 0.1) is 3.57 Å². The number of hydrazone groups is 1. The van der Waals surface area contributed by atoms with E-state index in [2.05, 4.69) is 32.7 Å². The molecule has 1 amide bonds. The fraction of sp³-hybridized carbons (Fsp3) is 0.133. The molecule has 5 nitrogen and oxygen atoms in total. The molecule has 1 aromatic heterocycles. The number of carbonyl (C=O) groups is 1. The minimum atomic E-state index is -0.543. The Morgan fingerprint density at radius 1 is 1.29 bits per heavy atom. The van der Waals surface area contributed by atoms with E-state index in [9.17, 15) is 4.79 Å². The van der Waals surface area contributed by atoms with E-state index < -0.39 is 6.23 Å². The lowest BCUT2D eigenvalue weighted by molar-refractivity contribution is -0.135. The van der Waals surface area contributed by atoms with Crippen LogP contribution in [0.25, 0.3) is 0 Å². The van der Waals surface area contributed by atoms with E-state index in [-0.39, 0.29) is 5.91 Å². The Balaban J connectivity index is 1.95. The van der Waals surface area contributed by atoms with Gasteiger partial charge >= 0.3 is 0 Å². The van der Waals surface area contributed by atoms with Gasteiger partial charge in [-0.05, 0) is 52.9 Å². The Kier molecular flexibility index (Phi) is 3.87. The first kappa shape index (κ1) is 14.0. The van der Waals surface area contributed by atoms with Gasteiger partial charge in [-0.2, -0.15) is 5.01 Å². The Labute approximate surface area is 135 Å². The second-order valence-corrected chi connectivity index (χ2v) is 5.78. The molecule has 0 aliphatic carbocycles. The summed E-state index contributed by atoms with van der Waals surface area (Å²) < 4.78 is 6.97. The second-order valence-electron chi connectivity index (χ2n) is 4.53. The molecule has 1 aliphatic rings. The summed E-state index contributed by atoms with van der Waals surface area (Å²) in [5.74, 6) is 0.281. The fourth-order valence-corrected chi connectivity index (χ4v) is 2.59. The Bertz CT molecular complexity index is 703. The number of pyridine rings is 1. The minimum absolute atomic E-state index is 0.169. The van der Waals surface area contributed by atoms with Crippen molar-refractivity contribution in [2.75, 3.05) is 0 Å². The third kappa shape index (κ3) is 2.90. The van der Waals surface area contributed by atoms with Crippen LogP contribution in [-0.2, 0) is 9.53 Å². The molecule has 1 aromatic carbocycles. The van der Waals surface area contributed by atoms with Gasteiger partial charge in [0.15, 0.2) is 0 Å². The molecular weight excluding hydrogens is 381 g/mol. The highest BCUT2D eigenvalue weighted by Gasteiger charge is 2.32. The Morgan fingerprint density at radius 3 is 2.71 bits per heavy atom. The first-order valence-corrected chi connectivity index (χ1v) is 7.44. The highest BCUT2D eigenvalue weighted by molar-refractivity contribution is 14.1. The molecule has 0 fully saturated rings. The van der Waals surface area contributed by atoms with Gasteiger partial charge in [-0.3, -0.25) is 9.78 Å². The molecule has 0 spiro atoms. The maximum atomic E-state index is 11.8. The molecule has 0 N–H and O–H groups in total. The normalized spacial score (nSPS) is 17.3. The molecule has 1 aliphatic heterocycles. The third-order valence-electron chi connectivity index (χ3n) is 3.03. The average Bonchev–Trinajstić information content (AvgIpc) is 2.93. The first-order valence-electron chi connectivity index (χ1n) is 6.36. The van der Waals surface area contributed by atoms with E-state index in [1.807, 2.05) is 36.4 Å². The van der Waals surface area contributed by atoms with Gasteiger partial charge in [0.25, 0.3) is 0 Å². The summed E-state index contributed by atoms with van der Waals surface area (Å²) in [7, 11) is 0. The molecule has 0 saturated carbocycles. The SMILES string of the molecule is CC(=O)N1N=C(c2cccc(I)c2)O[C@@H]1c1ccncc1. The van der Waals surface area contributed by atoms with Gasteiger partial charge < -0.3 is 4.74 Å². The monoisotopic (exact) mass is 393 g/mol. The van der Waals surface area contributed by atoms with E-state index >= 15 is 0 Å². The van der Waals surface area contributed by atoms with E-state index in [1.165, 1.54) is 11.9 Å². The van der Waals surface area contributed by atoms with Gasteiger partial charge in [-0.25, -0.2) is 0 Å². The predicted molar refractivity (Wildman–Crippen MR) is 86.3 cm³/mol. The van der Waals surface area contributed by atoms with Crippen LogP contribution in [0.1, 0.15) is 24.3 Å². The van der Waals surface area contributed by atoms with Gasteiger partial charge in [0.05, 0.1) is 0 Å². The lowest BCUT2D eigenvalue weighted by Crippen LogP contribution is -2.25. The van der Waals surface area contributed by atoms with Crippen LogP contribution in [0.2, 0.25) is 0 Å². The molecule has 106 valence electrons. The summed E-state index contributed by atoms with van der Waals surface area (Å²) in [6, 6.07) is 11.4. The topological polar surface area (TPSA) is 54.8 Å². The zero-order valence-electron chi connectivity index (χ0n) is 11.2. The van der Waals surface area contributed by atoms with E-state index in [0.29, 0.717) is 5.90 Å². The number of benzene rings is 1. The third-order valence-corrected chi connectivity index (χ3v) is 3.70. The molecular formula is C15H12IN3O2. The summed E-state index contributed by atoms with van der Waals surface area (Å²) in [5.41, 5.74) is 1.69. The van der Waals surface area contributed by atoms with Crippen LogP contribution in [0.15, 0.2) is 53.9 Å². The van der Waals surface area contributed by atoms with E-state index in [0.717, 1.165) is 14.7 Å². The molecule has 0 radical (unpaired) electrons. The van der Waals surface area contributed by atoms with Gasteiger partial charge in [0.2, 0.25) is 18.0 Å². The molecule has 0 unspecified atom stereocenters. The number of hydrogen-bond acceptors (Lipinski definition) is 4. The van der Waals surface area contributed by atoms with Crippen molar-refractivity contribution in [1.82, 2.24) is 9.99 Å². The lowest BCUT2D eigenvalue weighted by atomic mass is 10.2. The quantitative estimate of drug-likeness (QED) is 0.738. The average molecular weight is 393 g/mol. The van der Waals surface area contributed by atoms with Crippen molar-refractivity contribution in [3.8, 4) is 0 Å². The summed E-state index contributed by atoms with van der Waals surface area (Å²) in [6.45, 7) is 1.47. The summed E-state index contributed by atoms with van der Waals surface area (Å²) in [6.07, 6.45) is 2.79. The standard InChI is InChI=1S/C15H12IN3O2/c1-10(20)19-15(11-5-7-17-8-6-11)21-14(18-19)12-3-2-4-13(16)9-12/h2-9,15H,1H3/t15-/m1/s1. The highest BCUT2D eigenvalue weighted by atomic mass is 127. The minimum Gasteiger partial charge on any atom is -0.446 e. The van der Waals surface area contributed by atoms with Crippen LogP contribution in [0.4, 0.5) is 0 Å². The zero-order chi connectivity index (χ0) is 14.8. The second kappa shape index (κ2) is 5.80. The number of ether oxygens (including phenoxy) is 1. The van der Waals surface area contributed by atoms with Crippen molar-refractivity contribution < 1.29 is 9.53 Å². The zero-order valence-corrected chi connectivity index (χ0v) is 13.4. The highest BCUT2D eigenvalue weighted by Crippen LogP contribution is 2.30. The van der Waals surface area contributed by atoms with Gasteiger partial charge in [0.1, 0.15) is 0 Å². The van der Waals surface area contributed by atoms with Crippen molar-refractivity contribution in [1.29, 1.82) is 0 Å². The van der Waals surface area contributed by atoms with Crippen LogP contribution in [-0.4, -0.2) is 21.8 Å². The fourth-order valence-electron chi connectivity index (χ4n) is 2.05. The maximum absolute atomic E-state index is 11.8. The van der Waals surface area contributed by atoms with E-state index in [1.54, 1.807) is 12.4 Å². The van der Waals surface area contributed by atoms with Gasteiger partial charge in [0, 0.05) is 34.0 Å². The number of halogens is 1. The van der Waals surface area contributed by atoms with Crippen molar-refractivity contribution in [2.24, 2.45) is 5.10 Å². The number of hydrogen-bond donors (Lipinski definition) is 0. The number of rotatable bonds is 2. The van der Waals surface area contributed by atoms with Gasteiger partial charge in [-0.1, -0.05) is 6.07 Å². The van der Waals surface area contributed by atoms with E-state index in [4.69, 9.17) is 4.74 Å². The van der Waals surface area contributed by atoms with Crippen molar-refractivity contribution in [2.45, 2.75) is 13.2 Å². The summed E-state index contributed by atoms with van der Waals surface area (Å²) >= 11 is 2.23. The molecule has 0 saturated heterocycles.